The number of carbonyl (C=O) groups is 1. The van der Waals surface area contributed by atoms with Crippen molar-refractivity contribution in [2.24, 2.45) is 11.7 Å². The predicted octanol–water partition coefficient (Wildman–Crippen LogP) is 1.90. The zero-order valence-corrected chi connectivity index (χ0v) is 13.1. The van der Waals surface area contributed by atoms with Gasteiger partial charge in [-0.1, -0.05) is 13.8 Å². The number of nitrogen functional groups attached to an aromatic ring is 1. The highest BCUT2D eigenvalue weighted by Gasteiger charge is 2.17. The molecule has 6 heteroatoms. The molecule has 0 aliphatic carbocycles. The number of halogens is 1. The maximum absolute atomic E-state index is 14.0. The highest BCUT2D eigenvalue weighted by atomic mass is 19.1. The van der Waals surface area contributed by atoms with Gasteiger partial charge in [-0.25, -0.2) is 4.39 Å². The highest BCUT2D eigenvalue weighted by molar-refractivity contribution is 5.99. The molecule has 0 saturated heterocycles. The summed E-state index contributed by atoms with van der Waals surface area (Å²) in [6.07, 6.45) is 0.883. The maximum Gasteiger partial charge on any atom is 0.250 e. The van der Waals surface area contributed by atoms with Gasteiger partial charge in [-0.3, -0.25) is 4.79 Å². The molecule has 0 aromatic heterocycles. The minimum absolute atomic E-state index is 0.0542. The van der Waals surface area contributed by atoms with Gasteiger partial charge in [0.05, 0.1) is 11.3 Å². The maximum atomic E-state index is 14.0. The van der Waals surface area contributed by atoms with Crippen LogP contribution in [-0.4, -0.2) is 37.5 Å². The Labute approximate surface area is 125 Å². The van der Waals surface area contributed by atoms with Crippen LogP contribution in [0.1, 0.15) is 30.6 Å². The molecule has 1 atom stereocenters. The number of likely N-dealkylation sites (N-methyl/N-ethyl adjacent to an activating group) is 1. The van der Waals surface area contributed by atoms with Gasteiger partial charge in [0.15, 0.2) is 0 Å². The van der Waals surface area contributed by atoms with Gasteiger partial charge in [0.25, 0.3) is 5.91 Å². The summed E-state index contributed by atoms with van der Waals surface area (Å²) in [6.45, 7) is 4.98. The SMILES string of the molecule is CC(C)CC(CN(C)C)Nc1cc(C(N)=O)c(N)cc1F. The first-order valence-electron chi connectivity index (χ1n) is 7.00. The Kier molecular flexibility index (Phi) is 5.96. The summed E-state index contributed by atoms with van der Waals surface area (Å²) in [5.41, 5.74) is 11.3. The molecule has 0 bridgehead atoms. The molecule has 1 aromatic carbocycles. The van der Waals surface area contributed by atoms with Crippen LogP contribution in [0.2, 0.25) is 0 Å². The van der Waals surface area contributed by atoms with Crippen LogP contribution in [0.3, 0.4) is 0 Å². The molecule has 1 aromatic rings. The van der Waals surface area contributed by atoms with Gasteiger partial charge in [0.2, 0.25) is 0 Å². The Morgan fingerprint density at radius 1 is 1.38 bits per heavy atom. The van der Waals surface area contributed by atoms with E-state index in [0.29, 0.717) is 5.92 Å². The predicted molar refractivity (Wildman–Crippen MR) is 84.8 cm³/mol. The lowest BCUT2D eigenvalue weighted by Gasteiger charge is -2.25. The molecule has 0 saturated carbocycles. The summed E-state index contributed by atoms with van der Waals surface area (Å²) in [5.74, 6) is -0.677. The van der Waals surface area contributed by atoms with Crippen LogP contribution < -0.4 is 16.8 Å². The largest absolute Gasteiger partial charge is 0.398 e. The number of rotatable bonds is 7. The number of nitrogens with one attached hydrogen (secondary N) is 1. The number of benzene rings is 1. The van der Waals surface area contributed by atoms with E-state index in [1.165, 1.54) is 6.07 Å². The van der Waals surface area contributed by atoms with E-state index in [1.807, 2.05) is 19.0 Å². The Bertz CT molecular complexity index is 493. The average Bonchev–Trinajstić information content (AvgIpc) is 2.30. The van der Waals surface area contributed by atoms with Crippen LogP contribution >= 0.6 is 0 Å². The Balaban J connectivity index is 3.02. The van der Waals surface area contributed by atoms with Crippen LogP contribution in [0.15, 0.2) is 12.1 Å². The van der Waals surface area contributed by atoms with E-state index in [9.17, 15) is 9.18 Å². The molecule has 0 aliphatic heterocycles. The smallest absolute Gasteiger partial charge is 0.250 e. The first kappa shape index (κ1) is 17.2. The van der Waals surface area contributed by atoms with Crippen LogP contribution in [0.25, 0.3) is 0 Å². The van der Waals surface area contributed by atoms with E-state index in [0.717, 1.165) is 19.0 Å². The van der Waals surface area contributed by atoms with Gasteiger partial charge in [0, 0.05) is 18.3 Å². The molecule has 5 nitrogen and oxygen atoms in total. The Hall–Kier alpha value is -1.82. The van der Waals surface area contributed by atoms with Crippen molar-refractivity contribution >= 4 is 17.3 Å². The molecule has 0 radical (unpaired) electrons. The summed E-state index contributed by atoms with van der Waals surface area (Å²) >= 11 is 0. The monoisotopic (exact) mass is 296 g/mol. The normalized spacial score (nSPS) is 12.7. The summed E-state index contributed by atoms with van der Waals surface area (Å²) in [4.78, 5) is 13.3. The highest BCUT2D eigenvalue weighted by Crippen LogP contribution is 2.23. The van der Waals surface area contributed by atoms with E-state index in [2.05, 4.69) is 19.2 Å². The number of carbonyl (C=O) groups excluding carboxylic acids is 1. The molecule has 0 heterocycles. The first-order chi connectivity index (χ1) is 9.70. The van der Waals surface area contributed by atoms with Crippen molar-refractivity contribution in [1.29, 1.82) is 0 Å². The van der Waals surface area contributed by atoms with E-state index in [4.69, 9.17) is 11.5 Å². The van der Waals surface area contributed by atoms with Crippen molar-refractivity contribution in [1.82, 2.24) is 4.90 Å². The number of nitrogens with zero attached hydrogens (tertiary/aromatic N) is 1. The second kappa shape index (κ2) is 7.26. The molecule has 1 rings (SSSR count). The molecule has 1 amide bonds. The Morgan fingerprint density at radius 2 is 2.00 bits per heavy atom. The molecular weight excluding hydrogens is 271 g/mol. The van der Waals surface area contributed by atoms with Crippen LogP contribution in [-0.2, 0) is 0 Å². The van der Waals surface area contributed by atoms with Gasteiger partial charge in [-0.05, 0) is 38.6 Å². The molecule has 5 N–H and O–H groups in total. The number of primary amides is 1. The molecule has 1 unspecified atom stereocenters. The van der Waals surface area contributed by atoms with E-state index < -0.39 is 11.7 Å². The fraction of sp³-hybridized carbons (Fsp3) is 0.533. The van der Waals surface area contributed by atoms with Crippen molar-refractivity contribution in [2.75, 3.05) is 31.7 Å². The van der Waals surface area contributed by atoms with Gasteiger partial charge < -0.3 is 21.7 Å². The van der Waals surface area contributed by atoms with Crippen molar-refractivity contribution in [3.63, 3.8) is 0 Å². The second-order valence-electron chi connectivity index (χ2n) is 6.02. The fourth-order valence-corrected chi connectivity index (χ4v) is 2.32. The van der Waals surface area contributed by atoms with E-state index in [-0.39, 0.29) is 23.0 Å². The fourth-order valence-electron chi connectivity index (χ4n) is 2.32. The number of anilines is 2. The quantitative estimate of drug-likeness (QED) is 0.671. The third kappa shape index (κ3) is 5.23. The zero-order chi connectivity index (χ0) is 16.2. The Morgan fingerprint density at radius 3 is 2.48 bits per heavy atom. The van der Waals surface area contributed by atoms with Crippen LogP contribution in [0.4, 0.5) is 15.8 Å². The van der Waals surface area contributed by atoms with Gasteiger partial charge >= 0.3 is 0 Å². The zero-order valence-electron chi connectivity index (χ0n) is 13.1. The lowest BCUT2D eigenvalue weighted by atomic mass is 10.0. The molecule has 0 spiro atoms. The second-order valence-corrected chi connectivity index (χ2v) is 6.02. The summed E-state index contributed by atoms with van der Waals surface area (Å²) in [7, 11) is 3.92. The number of hydrogen-bond acceptors (Lipinski definition) is 4. The molecule has 0 fully saturated rings. The summed E-state index contributed by atoms with van der Waals surface area (Å²) in [6, 6.07) is 2.58. The van der Waals surface area contributed by atoms with Crippen LogP contribution in [0.5, 0.6) is 0 Å². The third-order valence-corrected chi connectivity index (χ3v) is 3.11. The molecule has 118 valence electrons. The van der Waals surface area contributed by atoms with Gasteiger partial charge in [-0.15, -0.1) is 0 Å². The summed E-state index contributed by atoms with van der Waals surface area (Å²) < 4.78 is 14.0. The van der Waals surface area contributed by atoms with Gasteiger partial charge in [0.1, 0.15) is 5.82 Å². The topological polar surface area (TPSA) is 84.4 Å². The third-order valence-electron chi connectivity index (χ3n) is 3.11. The molecule has 21 heavy (non-hydrogen) atoms. The number of hydrogen-bond donors (Lipinski definition) is 3. The van der Waals surface area contributed by atoms with E-state index in [1.54, 1.807) is 0 Å². The molecular formula is C15H25FN4O. The first-order valence-corrected chi connectivity index (χ1v) is 7.00. The van der Waals surface area contributed by atoms with Crippen molar-refractivity contribution < 1.29 is 9.18 Å². The molecule has 0 aliphatic rings. The average molecular weight is 296 g/mol. The lowest BCUT2D eigenvalue weighted by Crippen LogP contribution is -2.34. The minimum Gasteiger partial charge on any atom is -0.398 e. The van der Waals surface area contributed by atoms with E-state index >= 15 is 0 Å². The summed E-state index contributed by atoms with van der Waals surface area (Å²) in [5, 5.41) is 3.15. The number of amides is 1. The standard InChI is InChI=1S/C15H25FN4O/c1-9(2)5-10(8-20(3)4)19-14-6-11(15(18)21)13(17)7-12(14)16/h6-7,9-10,19H,5,8,17H2,1-4H3,(H2,18,21). The number of nitrogens with two attached hydrogens (primary N) is 2. The minimum atomic E-state index is -0.663. The van der Waals surface area contributed by atoms with Crippen molar-refractivity contribution in [2.45, 2.75) is 26.3 Å². The van der Waals surface area contributed by atoms with Crippen molar-refractivity contribution in [3.05, 3.63) is 23.5 Å². The van der Waals surface area contributed by atoms with Crippen molar-refractivity contribution in [3.8, 4) is 0 Å². The van der Waals surface area contributed by atoms with Crippen LogP contribution in [0, 0.1) is 11.7 Å². The van der Waals surface area contributed by atoms with Gasteiger partial charge in [-0.2, -0.15) is 0 Å². The lowest BCUT2D eigenvalue weighted by molar-refractivity contribution is 0.100.